The summed E-state index contributed by atoms with van der Waals surface area (Å²) in [7, 11) is 1.82. The largest absolute Gasteiger partial charge is 0.379 e. The van der Waals surface area contributed by atoms with Crippen molar-refractivity contribution in [2.24, 2.45) is 4.99 Å². The predicted octanol–water partition coefficient (Wildman–Crippen LogP) is 2.28. The Morgan fingerprint density at radius 3 is 2.68 bits per heavy atom. The summed E-state index contributed by atoms with van der Waals surface area (Å²) in [5.41, 5.74) is 0.986. The van der Waals surface area contributed by atoms with Crippen LogP contribution in [0, 0.1) is 5.82 Å². The number of nitrogens with zero attached hydrogens (tertiary/aromatic N) is 3. The van der Waals surface area contributed by atoms with Crippen molar-refractivity contribution < 1.29 is 13.9 Å². The van der Waals surface area contributed by atoms with Gasteiger partial charge in [-0.3, -0.25) is 9.89 Å². The third kappa shape index (κ3) is 5.65. The second kappa shape index (κ2) is 10.7. The highest BCUT2D eigenvalue weighted by molar-refractivity contribution is 5.80. The quantitative estimate of drug-likeness (QED) is 0.595. The smallest absolute Gasteiger partial charge is 0.193 e. The second-order valence-electron chi connectivity index (χ2n) is 7.29. The van der Waals surface area contributed by atoms with E-state index >= 15 is 0 Å². The number of ether oxygens (including phenoxy) is 2. The second-order valence-corrected chi connectivity index (χ2v) is 7.29. The zero-order valence-electron chi connectivity index (χ0n) is 17.1. The zero-order chi connectivity index (χ0) is 19.8. The average molecular weight is 393 g/mol. The molecule has 0 saturated carbocycles. The highest BCUT2D eigenvalue weighted by Gasteiger charge is 2.25. The number of hydrogen-bond donors (Lipinski definition) is 1. The number of piperidine rings is 1. The third-order valence-electron chi connectivity index (χ3n) is 5.53. The SMILES string of the molecule is CCOC1CCN(C(=NC)NCC(c2cccc(F)c2)N2CCOCC2)CC1. The number of aliphatic imine (C=N–C) groups is 1. The Kier molecular flexibility index (Phi) is 8.06. The van der Waals surface area contributed by atoms with Gasteiger partial charge in [0, 0.05) is 46.4 Å². The lowest BCUT2D eigenvalue weighted by atomic mass is 10.0. The Morgan fingerprint density at radius 2 is 2.04 bits per heavy atom. The molecule has 2 heterocycles. The Balaban J connectivity index is 1.63. The molecule has 2 fully saturated rings. The van der Waals surface area contributed by atoms with E-state index in [1.165, 1.54) is 6.07 Å². The van der Waals surface area contributed by atoms with Crippen LogP contribution in [-0.4, -0.2) is 81.5 Å². The van der Waals surface area contributed by atoms with Gasteiger partial charge in [0.2, 0.25) is 0 Å². The first kappa shape index (κ1) is 21.0. The van der Waals surface area contributed by atoms with Crippen LogP contribution < -0.4 is 5.32 Å². The zero-order valence-corrected chi connectivity index (χ0v) is 17.1. The van der Waals surface area contributed by atoms with Crippen molar-refractivity contribution in [1.29, 1.82) is 0 Å². The summed E-state index contributed by atoms with van der Waals surface area (Å²) in [4.78, 5) is 9.13. The van der Waals surface area contributed by atoms with Crippen molar-refractivity contribution in [2.45, 2.75) is 31.9 Å². The van der Waals surface area contributed by atoms with Gasteiger partial charge >= 0.3 is 0 Å². The summed E-state index contributed by atoms with van der Waals surface area (Å²) in [6, 6.07) is 7.00. The van der Waals surface area contributed by atoms with E-state index in [0.717, 1.165) is 57.2 Å². The molecule has 1 unspecified atom stereocenters. The highest BCUT2D eigenvalue weighted by atomic mass is 19.1. The molecule has 2 saturated heterocycles. The van der Waals surface area contributed by atoms with Crippen LogP contribution in [0.1, 0.15) is 31.4 Å². The summed E-state index contributed by atoms with van der Waals surface area (Å²) in [5, 5.41) is 3.53. The Morgan fingerprint density at radius 1 is 1.29 bits per heavy atom. The number of likely N-dealkylation sites (tertiary alicyclic amines) is 1. The van der Waals surface area contributed by atoms with Crippen LogP contribution in [-0.2, 0) is 9.47 Å². The standard InChI is InChI=1S/C21H33FN4O2/c1-3-28-19-7-9-26(10-8-19)21(23-2)24-16-20(25-11-13-27-14-12-25)17-5-4-6-18(22)15-17/h4-6,15,19-20H,3,7-14,16H2,1-2H3,(H,23,24). The minimum Gasteiger partial charge on any atom is -0.379 e. The van der Waals surface area contributed by atoms with Crippen LogP contribution in [0.25, 0.3) is 0 Å². The fraction of sp³-hybridized carbons (Fsp3) is 0.667. The van der Waals surface area contributed by atoms with Gasteiger partial charge in [0.1, 0.15) is 5.82 Å². The number of halogens is 1. The molecular weight excluding hydrogens is 359 g/mol. The van der Waals surface area contributed by atoms with Gasteiger partial charge in [-0.25, -0.2) is 4.39 Å². The van der Waals surface area contributed by atoms with Gasteiger partial charge in [0.25, 0.3) is 0 Å². The van der Waals surface area contributed by atoms with Crippen LogP contribution in [0.2, 0.25) is 0 Å². The molecule has 1 atom stereocenters. The first-order valence-corrected chi connectivity index (χ1v) is 10.4. The maximum Gasteiger partial charge on any atom is 0.193 e. The van der Waals surface area contributed by atoms with E-state index in [-0.39, 0.29) is 11.9 Å². The summed E-state index contributed by atoms with van der Waals surface area (Å²) >= 11 is 0. The van der Waals surface area contributed by atoms with Gasteiger partial charge in [-0.2, -0.15) is 0 Å². The van der Waals surface area contributed by atoms with Crippen molar-refractivity contribution in [3.63, 3.8) is 0 Å². The van der Waals surface area contributed by atoms with E-state index in [1.807, 2.05) is 20.0 Å². The molecule has 2 aliphatic rings. The molecule has 0 aromatic heterocycles. The number of benzene rings is 1. The molecule has 1 N–H and O–H groups in total. The fourth-order valence-corrected chi connectivity index (χ4v) is 4.05. The first-order chi connectivity index (χ1) is 13.7. The summed E-state index contributed by atoms with van der Waals surface area (Å²) in [6.45, 7) is 8.50. The molecule has 3 rings (SSSR count). The van der Waals surface area contributed by atoms with Gasteiger partial charge in [-0.05, 0) is 37.5 Å². The number of morpholine rings is 1. The van der Waals surface area contributed by atoms with Crippen molar-refractivity contribution in [3.8, 4) is 0 Å². The lowest BCUT2D eigenvalue weighted by molar-refractivity contribution is 0.0163. The molecule has 2 aliphatic heterocycles. The van der Waals surface area contributed by atoms with Gasteiger partial charge in [0.15, 0.2) is 5.96 Å². The molecule has 28 heavy (non-hydrogen) atoms. The molecule has 0 bridgehead atoms. The number of rotatable bonds is 6. The van der Waals surface area contributed by atoms with Crippen molar-refractivity contribution in [3.05, 3.63) is 35.6 Å². The van der Waals surface area contributed by atoms with E-state index in [1.54, 1.807) is 12.1 Å². The molecule has 156 valence electrons. The molecule has 6 nitrogen and oxygen atoms in total. The summed E-state index contributed by atoms with van der Waals surface area (Å²) in [5.74, 6) is 0.711. The minimum absolute atomic E-state index is 0.0808. The molecule has 0 aliphatic carbocycles. The minimum atomic E-state index is -0.196. The van der Waals surface area contributed by atoms with Gasteiger partial charge in [0.05, 0.1) is 25.4 Å². The Labute approximate surface area is 167 Å². The molecule has 7 heteroatoms. The van der Waals surface area contributed by atoms with E-state index in [0.29, 0.717) is 25.9 Å². The van der Waals surface area contributed by atoms with Gasteiger partial charge in [-0.15, -0.1) is 0 Å². The van der Waals surface area contributed by atoms with E-state index in [2.05, 4.69) is 20.1 Å². The highest BCUT2D eigenvalue weighted by Crippen LogP contribution is 2.22. The predicted molar refractivity (Wildman–Crippen MR) is 109 cm³/mol. The average Bonchev–Trinajstić information content (AvgIpc) is 2.73. The summed E-state index contributed by atoms with van der Waals surface area (Å²) in [6.07, 6.45) is 2.39. The topological polar surface area (TPSA) is 49.3 Å². The van der Waals surface area contributed by atoms with Crippen molar-refractivity contribution in [1.82, 2.24) is 15.1 Å². The maximum absolute atomic E-state index is 13.8. The molecular formula is C21H33FN4O2. The van der Waals surface area contributed by atoms with Crippen LogP contribution in [0.15, 0.2) is 29.3 Å². The van der Waals surface area contributed by atoms with E-state index in [4.69, 9.17) is 9.47 Å². The molecule has 1 aromatic rings. The van der Waals surface area contributed by atoms with E-state index in [9.17, 15) is 4.39 Å². The molecule has 0 spiro atoms. The molecule has 0 radical (unpaired) electrons. The Hall–Kier alpha value is -1.70. The van der Waals surface area contributed by atoms with Gasteiger partial charge < -0.3 is 19.7 Å². The summed E-state index contributed by atoms with van der Waals surface area (Å²) < 4.78 is 25.1. The first-order valence-electron chi connectivity index (χ1n) is 10.4. The third-order valence-corrected chi connectivity index (χ3v) is 5.53. The Bertz CT molecular complexity index is 629. The van der Waals surface area contributed by atoms with Crippen molar-refractivity contribution >= 4 is 5.96 Å². The molecule has 1 aromatic carbocycles. The monoisotopic (exact) mass is 392 g/mol. The van der Waals surface area contributed by atoms with Crippen LogP contribution in [0.3, 0.4) is 0 Å². The lowest BCUT2D eigenvalue weighted by Gasteiger charge is -2.37. The number of guanidine groups is 1. The normalized spacial score (nSPS) is 21.0. The molecule has 0 amide bonds. The maximum atomic E-state index is 13.8. The van der Waals surface area contributed by atoms with Gasteiger partial charge in [-0.1, -0.05) is 12.1 Å². The van der Waals surface area contributed by atoms with Crippen LogP contribution >= 0.6 is 0 Å². The fourth-order valence-electron chi connectivity index (χ4n) is 4.05. The van der Waals surface area contributed by atoms with Crippen molar-refractivity contribution in [2.75, 3.05) is 59.6 Å². The van der Waals surface area contributed by atoms with Crippen LogP contribution in [0.5, 0.6) is 0 Å². The number of nitrogens with one attached hydrogen (secondary N) is 1. The lowest BCUT2D eigenvalue weighted by Crippen LogP contribution is -2.50. The number of hydrogen-bond acceptors (Lipinski definition) is 4. The van der Waals surface area contributed by atoms with Crippen LogP contribution in [0.4, 0.5) is 4.39 Å². The van der Waals surface area contributed by atoms with E-state index < -0.39 is 0 Å².